The molecule has 2 aliphatic rings. The maximum atomic E-state index is 12.5. The minimum atomic E-state index is -1.08. The Morgan fingerprint density at radius 1 is 1.30 bits per heavy atom. The Labute approximate surface area is 136 Å². The van der Waals surface area contributed by atoms with Crippen molar-refractivity contribution in [3.63, 3.8) is 0 Å². The molecule has 3 rings (SSSR count). The van der Waals surface area contributed by atoms with Gasteiger partial charge < -0.3 is 20.3 Å². The summed E-state index contributed by atoms with van der Waals surface area (Å²) in [7, 11) is 0. The van der Waals surface area contributed by atoms with Gasteiger partial charge >= 0.3 is 0 Å². The van der Waals surface area contributed by atoms with Gasteiger partial charge in [0.25, 0.3) is 5.91 Å². The zero-order valence-corrected chi connectivity index (χ0v) is 13.5. The summed E-state index contributed by atoms with van der Waals surface area (Å²) in [5, 5.41) is 0. The molecule has 2 heterocycles. The molecule has 0 saturated carbocycles. The standard InChI is InChI=1S/C17H23N3O3/c1-17(16(18)22)12-20(10-11-23-17)15(21)7-9-19-8-6-13-4-2-3-5-14(13)19/h2-5H,6-12H2,1H3,(H2,18,22)/t17-/m1/s1. The lowest BCUT2D eigenvalue weighted by Gasteiger charge is -2.38. The SMILES string of the molecule is C[C@]1(C(N)=O)CN(C(=O)CCN2CCc3ccccc32)CCO1. The molecular weight excluding hydrogens is 294 g/mol. The van der Waals surface area contributed by atoms with Gasteiger partial charge in [0.1, 0.15) is 0 Å². The molecule has 1 atom stereocenters. The van der Waals surface area contributed by atoms with Gasteiger partial charge in [0.05, 0.1) is 13.2 Å². The number of benzene rings is 1. The van der Waals surface area contributed by atoms with E-state index >= 15 is 0 Å². The van der Waals surface area contributed by atoms with Crippen molar-refractivity contribution in [2.45, 2.75) is 25.4 Å². The molecule has 1 aromatic rings. The first-order valence-electron chi connectivity index (χ1n) is 8.04. The first-order chi connectivity index (χ1) is 11.0. The minimum Gasteiger partial charge on any atom is -0.370 e. The molecule has 0 aliphatic carbocycles. The van der Waals surface area contributed by atoms with Crippen molar-refractivity contribution < 1.29 is 14.3 Å². The van der Waals surface area contributed by atoms with E-state index in [9.17, 15) is 9.59 Å². The predicted octanol–water partition coefficient (Wildman–Crippen LogP) is 0.542. The van der Waals surface area contributed by atoms with E-state index in [2.05, 4.69) is 17.0 Å². The Morgan fingerprint density at radius 3 is 2.87 bits per heavy atom. The Bertz CT molecular complexity index is 619. The van der Waals surface area contributed by atoms with Crippen LogP contribution in [-0.2, 0) is 20.7 Å². The summed E-state index contributed by atoms with van der Waals surface area (Å²) in [6.45, 7) is 4.38. The van der Waals surface area contributed by atoms with Gasteiger partial charge in [0.2, 0.25) is 5.91 Å². The van der Waals surface area contributed by atoms with Gasteiger partial charge in [0.15, 0.2) is 5.60 Å². The lowest BCUT2D eigenvalue weighted by molar-refractivity contribution is -0.160. The number of nitrogens with zero attached hydrogens (tertiary/aromatic N) is 2. The van der Waals surface area contributed by atoms with E-state index in [0.717, 1.165) is 13.0 Å². The average Bonchev–Trinajstić information content (AvgIpc) is 2.96. The fourth-order valence-electron chi connectivity index (χ4n) is 3.26. The van der Waals surface area contributed by atoms with Crippen molar-refractivity contribution in [1.82, 2.24) is 4.90 Å². The number of primary amides is 1. The second-order valence-corrected chi connectivity index (χ2v) is 6.37. The van der Waals surface area contributed by atoms with Crippen LogP contribution in [0.5, 0.6) is 0 Å². The lowest BCUT2D eigenvalue weighted by atomic mass is 10.0. The number of anilines is 1. The number of amides is 2. The third-order valence-electron chi connectivity index (χ3n) is 4.73. The molecule has 1 aromatic carbocycles. The summed E-state index contributed by atoms with van der Waals surface area (Å²) in [5.74, 6) is -0.478. The van der Waals surface area contributed by atoms with Crippen LogP contribution in [0.25, 0.3) is 0 Å². The summed E-state index contributed by atoms with van der Waals surface area (Å²) in [6, 6.07) is 8.31. The van der Waals surface area contributed by atoms with E-state index in [0.29, 0.717) is 26.1 Å². The van der Waals surface area contributed by atoms with Gasteiger partial charge in [-0.05, 0) is 25.0 Å². The number of nitrogens with two attached hydrogens (primary N) is 1. The van der Waals surface area contributed by atoms with Gasteiger partial charge in [-0.25, -0.2) is 0 Å². The van der Waals surface area contributed by atoms with Gasteiger partial charge in [-0.1, -0.05) is 18.2 Å². The molecule has 2 aliphatic heterocycles. The van der Waals surface area contributed by atoms with E-state index in [4.69, 9.17) is 10.5 Å². The molecule has 1 fully saturated rings. The largest absolute Gasteiger partial charge is 0.370 e. The molecular formula is C17H23N3O3. The van der Waals surface area contributed by atoms with Crippen molar-refractivity contribution in [2.75, 3.05) is 37.7 Å². The summed E-state index contributed by atoms with van der Waals surface area (Å²) in [5.41, 5.74) is 6.87. The quantitative estimate of drug-likeness (QED) is 0.879. The molecule has 6 nitrogen and oxygen atoms in total. The lowest BCUT2D eigenvalue weighted by Crippen LogP contribution is -2.58. The van der Waals surface area contributed by atoms with E-state index in [1.54, 1.807) is 11.8 Å². The molecule has 0 aromatic heterocycles. The Kier molecular flexibility index (Phi) is 4.26. The van der Waals surface area contributed by atoms with Crippen LogP contribution in [0.4, 0.5) is 5.69 Å². The number of hydrogen-bond donors (Lipinski definition) is 1. The average molecular weight is 317 g/mol. The van der Waals surface area contributed by atoms with E-state index in [1.165, 1.54) is 11.3 Å². The third-order valence-corrected chi connectivity index (χ3v) is 4.73. The van der Waals surface area contributed by atoms with Gasteiger partial charge in [-0.2, -0.15) is 0 Å². The second kappa shape index (κ2) is 6.20. The fraction of sp³-hybridized carbons (Fsp3) is 0.529. The monoisotopic (exact) mass is 317 g/mol. The number of carbonyl (C=O) groups is 2. The number of carbonyl (C=O) groups excluding carboxylic acids is 2. The smallest absolute Gasteiger partial charge is 0.251 e. The zero-order chi connectivity index (χ0) is 16.4. The summed E-state index contributed by atoms with van der Waals surface area (Å²) in [4.78, 5) is 27.9. The van der Waals surface area contributed by atoms with Crippen molar-refractivity contribution in [3.05, 3.63) is 29.8 Å². The molecule has 23 heavy (non-hydrogen) atoms. The molecule has 6 heteroatoms. The van der Waals surface area contributed by atoms with Crippen LogP contribution < -0.4 is 10.6 Å². The summed E-state index contributed by atoms with van der Waals surface area (Å²) >= 11 is 0. The minimum absolute atomic E-state index is 0.0464. The highest BCUT2D eigenvalue weighted by Crippen LogP contribution is 2.27. The maximum absolute atomic E-state index is 12.5. The Morgan fingerprint density at radius 2 is 2.09 bits per heavy atom. The maximum Gasteiger partial charge on any atom is 0.251 e. The van der Waals surface area contributed by atoms with E-state index in [-0.39, 0.29) is 12.5 Å². The van der Waals surface area contributed by atoms with Crippen LogP contribution in [0.2, 0.25) is 0 Å². The number of para-hydroxylation sites is 1. The van der Waals surface area contributed by atoms with Crippen LogP contribution in [0.15, 0.2) is 24.3 Å². The first kappa shape index (κ1) is 15.8. The highest BCUT2D eigenvalue weighted by Gasteiger charge is 2.39. The molecule has 2 amide bonds. The molecule has 124 valence electrons. The van der Waals surface area contributed by atoms with Crippen molar-refractivity contribution in [2.24, 2.45) is 5.73 Å². The first-order valence-corrected chi connectivity index (χ1v) is 8.04. The van der Waals surface area contributed by atoms with Crippen molar-refractivity contribution >= 4 is 17.5 Å². The third kappa shape index (κ3) is 3.17. The number of fused-ring (bicyclic) bond motifs is 1. The molecule has 2 N–H and O–H groups in total. The second-order valence-electron chi connectivity index (χ2n) is 6.37. The number of hydrogen-bond acceptors (Lipinski definition) is 4. The van der Waals surface area contributed by atoms with Gasteiger partial charge in [-0.3, -0.25) is 9.59 Å². The molecule has 0 radical (unpaired) electrons. The van der Waals surface area contributed by atoms with Gasteiger partial charge in [0, 0.05) is 31.7 Å². The van der Waals surface area contributed by atoms with E-state index < -0.39 is 11.5 Å². The zero-order valence-electron chi connectivity index (χ0n) is 13.5. The van der Waals surface area contributed by atoms with Crippen LogP contribution in [-0.4, -0.2) is 55.1 Å². The number of ether oxygens (including phenoxy) is 1. The Hall–Kier alpha value is -2.08. The number of rotatable bonds is 4. The van der Waals surface area contributed by atoms with Crippen molar-refractivity contribution in [3.8, 4) is 0 Å². The summed E-state index contributed by atoms with van der Waals surface area (Å²) < 4.78 is 5.45. The van der Waals surface area contributed by atoms with Crippen LogP contribution in [0.3, 0.4) is 0 Å². The van der Waals surface area contributed by atoms with Crippen LogP contribution in [0.1, 0.15) is 18.9 Å². The molecule has 1 saturated heterocycles. The highest BCUT2D eigenvalue weighted by atomic mass is 16.5. The summed E-state index contributed by atoms with van der Waals surface area (Å²) in [6.07, 6.45) is 1.46. The topological polar surface area (TPSA) is 75.9 Å². The molecule has 0 bridgehead atoms. The predicted molar refractivity (Wildman–Crippen MR) is 87.1 cm³/mol. The van der Waals surface area contributed by atoms with Crippen molar-refractivity contribution in [1.29, 1.82) is 0 Å². The highest BCUT2D eigenvalue weighted by molar-refractivity contribution is 5.85. The van der Waals surface area contributed by atoms with Crippen LogP contribution >= 0.6 is 0 Å². The van der Waals surface area contributed by atoms with Crippen LogP contribution in [0, 0.1) is 0 Å². The molecule has 0 spiro atoms. The van der Waals surface area contributed by atoms with Gasteiger partial charge in [-0.15, -0.1) is 0 Å². The van der Waals surface area contributed by atoms with E-state index in [1.807, 2.05) is 12.1 Å². The molecule has 0 unspecified atom stereocenters. The Balaban J connectivity index is 1.57. The normalized spacial score (nSPS) is 23.7. The number of morpholine rings is 1. The fourth-order valence-corrected chi connectivity index (χ4v) is 3.26.